The monoisotopic (exact) mass is 278 g/mol. The Morgan fingerprint density at radius 2 is 2.26 bits per heavy atom. The second-order valence-corrected chi connectivity index (χ2v) is 4.86. The molecular weight excluding hydrogens is 264 g/mol. The lowest BCUT2D eigenvalue weighted by molar-refractivity contribution is -0.109. The van der Waals surface area contributed by atoms with Gasteiger partial charge >= 0.3 is 0 Å². The van der Waals surface area contributed by atoms with Crippen molar-refractivity contribution in [2.45, 2.75) is 13.3 Å². The molecule has 4 nitrogen and oxygen atoms in total. The fourth-order valence-electron chi connectivity index (χ4n) is 1.38. The normalized spacial score (nSPS) is 9.37. The van der Waals surface area contributed by atoms with Gasteiger partial charge in [-0.25, -0.2) is 0 Å². The van der Waals surface area contributed by atoms with Gasteiger partial charge in [-0.15, -0.1) is 0 Å². The molecule has 100 valence electrons. The fraction of sp³-hybridized carbons (Fsp3) is 0.286. The Bertz CT molecular complexity index is 540. The molecule has 19 heavy (non-hydrogen) atoms. The quantitative estimate of drug-likeness (QED) is 0.520. The summed E-state index contributed by atoms with van der Waals surface area (Å²) in [4.78, 5) is 21.7. The number of ether oxygens (including phenoxy) is 1. The molecule has 0 amide bonds. The molecule has 1 rings (SSSR count). The lowest BCUT2D eigenvalue weighted by Crippen LogP contribution is -1.92. The maximum atomic E-state index is 11.0. The first kappa shape index (κ1) is 15.1. The standard InChI is InChI=1S/C14H14O4S/c1-10(16)19-8-4-3-5-11-6-7-13(18-2)14(17)12(11)9-15/h6-7,9,17H,4,8H2,1-2H3. The summed E-state index contributed by atoms with van der Waals surface area (Å²) in [5.41, 5.74) is 0.562. The predicted molar refractivity (Wildman–Crippen MR) is 74.7 cm³/mol. The van der Waals surface area contributed by atoms with Gasteiger partial charge in [0.2, 0.25) is 0 Å². The van der Waals surface area contributed by atoms with E-state index in [0.717, 1.165) is 0 Å². The van der Waals surface area contributed by atoms with Gasteiger partial charge in [-0.2, -0.15) is 0 Å². The molecule has 0 fully saturated rings. The molecule has 1 aromatic rings. The van der Waals surface area contributed by atoms with Gasteiger partial charge in [-0.3, -0.25) is 9.59 Å². The highest BCUT2D eigenvalue weighted by Gasteiger charge is 2.10. The number of rotatable bonds is 4. The zero-order chi connectivity index (χ0) is 14.3. The van der Waals surface area contributed by atoms with Gasteiger partial charge in [0.1, 0.15) is 0 Å². The number of carbonyl (C=O) groups is 2. The van der Waals surface area contributed by atoms with E-state index >= 15 is 0 Å². The third-order valence-electron chi connectivity index (χ3n) is 2.27. The van der Waals surface area contributed by atoms with Crippen molar-refractivity contribution >= 4 is 23.2 Å². The van der Waals surface area contributed by atoms with Gasteiger partial charge < -0.3 is 9.84 Å². The number of thioether (sulfide) groups is 1. The maximum Gasteiger partial charge on any atom is 0.185 e. The molecule has 0 unspecified atom stereocenters. The summed E-state index contributed by atoms with van der Waals surface area (Å²) < 4.78 is 4.91. The highest BCUT2D eigenvalue weighted by atomic mass is 32.2. The Kier molecular flexibility index (Phi) is 5.97. The minimum absolute atomic E-state index is 0.0532. The van der Waals surface area contributed by atoms with Crippen molar-refractivity contribution in [1.29, 1.82) is 0 Å². The number of aldehydes is 1. The molecule has 5 heteroatoms. The van der Waals surface area contributed by atoms with E-state index in [1.807, 2.05) is 0 Å². The Hall–Kier alpha value is -1.93. The summed E-state index contributed by atoms with van der Waals surface area (Å²) in [7, 11) is 1.41. The average Bonchev–Trinajstić information content (AvgIpc) is 2.38. The number of phenols is 1. The number of aromatic hydroxyl groups is 1. The number of carbonyl (C=O) groups excluding carboxylic acids is 2. The van der Waals surface area contributed by atoms with Gasteiger partial charge in [-0.1, -0.05) is 23.6 Å². The molecule has 0 aliphatic carbocycles. The van der Waals surface area contributed by atoms with Crippen molar-refractivity contribution in [2.75, 3.05) is 12.9 Å². The highest BCUT2D eigenvalue weighted by Crippen LogP contribution is 2.30. The molecule has 0 aliphatic rings. The molecule has 0 spiro atoms. The van der Waals surface area contributed by atoms with Gasteiger partial charge in [0.15, 0.2) is 22.9 Å². The van der Waals surface area contributed by atoms with Crippen LogP contribution >= 0.6 is 11.8 Å². The van der Waals surface area contributed by atoms with Crippen LogP contribution in [0.5, 0.6) is 11.5 Å². The van der Waals surface area contributed by atoms with Crippen molar-refractivity contribution in [3.63, 3.8) is 0 Å². The maximum absolute atomic E-state index is 11.0. The van der Waals surface area contributed by atoms with Crippen LogP contribution in [0.15, 0.2) is 12.1 Å². The molecule has 0 atom stereocenters. The lowest BCUT2D eigenvalue weighted by atomic mass is 10.1. The van der Waals surface area contributed by atoms with E-state index in [9.17, 15) is 14.7 Å². The van der Waals surface area contributed by atoms with Crippen LogP contribution in [0.4, 0.5) is 0 Å². The first-order chi connectivity index (χ1) is 9.10. The number of hydrogen-bond donors (Lipinski definition) is 1. The third-order valence-corrected chi connectivity index (χ3v) is 3.09. The molecular formula is C14H14O4S. The summed E-state index contributed by atoms with van der Waals surface area (Å²) in [6.07, 6.45) is 1.08. The third kappa shape index (κ3) is 4.34. The molecule has 1 N–H and O–H groups in total. The highest BCUT2D eigenvalue weighted by molar-refractivity contribution is 8.13. The van der Waals surface area contributed by atoms with Crippen molar-refractivity contribution in [3.05, 3.63) is 23.3 Å². The van der Waals surface area contributed by atoms with Crippen molar-refractivity contribution in [3.8, 4) is 23.3 Å². The van der Waals surface area contributed by atoms with Crippen LogP contribution in [0.3, 0.4) is 0 Å². The Morgan fingerprint density at radius 1 is 1.53 bits per heavy atom. The largest absolute Gasteiger partial charge is 0.504 e. The molecule has 0 saturated heterocycles. The van der Waals surface area contributed by atoms with E-state index in [-0.39, 0.29) is 22.2 Å². The van der Waals surface area contributed by atoms with Gasteiger partial charge in [0, 0.05) is 24.7 Å². The molecule has 0 heterocycles. The molecule has 0 radical (unpaired) electrons. The van der Waals surface area contributed by atoms with Gasteiger partial charge in [0.05, 0.1) is 12.7 Å². The van der Waals surface area contributed by atoms with E-state index in [2.05, 4.69) is 11.8 Å². The van der Waals surface area contributed by atoms with E-state index in [1.54, 1.807) is 12.1 Å². The van der Waals surface area contributed by atoms with Crippen LogP contribution in [0, 0.1) is 11.8 Å². The summed E-state index contributed by atoms with van der Waals surface area (Å²) in [5.74, 6) is 6.31. The summed E-state index contributed by atoms with van der Waals surface area (Å²) in [6, 6.07) is 3.17. The first-order valence-electron chi connectivity index (χ1n) is 5.57. The van der Waals surface area contributed by atoms with Gasteiger partial charge in [-0.05, 0) is 12.1 Å². The van der Waals surface area contributed by atoms with E-state index in [0.29, 0.717) is 24.0 Å². The fourth-order valence-corrected chi connectivity index (χ4v) is 1.88. The molecule has 0 aliphatic heterocycles. The number of methoxy groups -OCH3 is 1. The zero-order valence-electron chi connectivity index (χ0n) is 10.7. The van der Waals surface area contributed by atoms with Crippen LogP contribution in [0.2, 0.25) is 0 Å². The van der Waals surface area contributed by atoms with Gasteiger partial charge in [0.25, 0.3) is 0 Å². The van der Waals surface area contributed by atoms with Crippen LogP contribution in [-0.2, 0) is 4.79 Å². The first-order valence-corrected chi connectivity index (χ1v) is 6.56. The lowest BCUT2D eigenvalue weighted by Gasteiger charge is -2.06. The zero-order valence-corrected chi connectivity index (χ0v) is 11.5. The SMILES string of the molecule is COc1ccc(C#CCCSC(C)=O)c(C=O)c1O. The second kappa shape index (κ2) is 7.49. The van der Waals surface area contributed by atoms with Crippen molar-refractivity contribution in [1.82, 2.24) is 0 Å². The molecule has 0 aromatic heterocycles. The Labute approximate surface area is 116 Å². The van der Waals surface area contributed by atoms with Crippen LogP contribution in [-0.4, -0.2) is 29.4 Å². The average molecular weight is 278 g/mol. The predicted octanol–water partition coefficient (Wildman–Crippen LogP) is 2.23. The molecule has 0 bridgehead atoms. The molecule has 1 aromatic carbocycles. The van der Waals surface area contributed by atoms with Crippen LogP contribution in [0.1, 0.15) is 29.3 Å². The van der Waals surface area contributed by atoms with E-state index in [4.69, 9.17) is 4.74 Å². The van der Waals surface area contributed by atoms with Crippen molar-refractivity contribution in [2.24, 2.45) is 0 Å². The number of hydrogen-bond acceptors (Lipinski definition) is 5. The summed E-state index contributed by atoms with van der Waals surface area (Å²) in [5, 5.41) is 9.83. The second-order valence-electron chi connectivity index (χ2n) is 3.59. The van der Waals surface area contributed by atoms with E-state index in [1.165, 1.54) is 25.8 Å². The topological polar surface area (TPSA) is 63.6 Å². The number of phenolic OH excluding ortho intramolecular Hbond substituents is 1. The van der Waals surface area contributed by atoms with Crippen LogP contribution < -0.4 is 4.74 Å². The summed E-state index contributed by atoms with van der Waals surface area (Å²) >= 11 is 1.21. The Balaban J connectivity index is 2.84. The van der Waals surface area contributed by atoms with Crippen molar-refractivity contribution < 1.29 is 19.4 Å². The van der Waals surface area contributed by atoms with E-state index < -0.39 is 0 Å². The smallest absolute Gasteiger partial charge is 0.185 e. The Morgan fingerprint density at radius 3 is 2.84 bits per heavy atom. The number of benzene rings is 1. The molecule has 0 saturated carbocycles. The minimum Gasteiger partial charge on any atom is -0.504 e. The minimum atomic E-state index is -0.206. The summed E-state index contributed by atoms with van der Waals surface area (Å²) in [6.45, 7) is 1.50. The van der Waals surface area contributed by atoms with Crippen LogP contribution in [0.25, 0.3) is 0 Å².